The summed E-state index contributed by atoms with van der Waals surface area (Å²) < 4.78 is 0. The number of hydrogen-bond acceptors (Lipinski definition) is 3. The van der Waals surface area contributed by atoms with Gasteiger partial charge >= 0.3 is 0 Å². The molecule has 0 aromatic rings. The van der Waals surface area contributed by atoms with Crippen LogP contribution >= 0.6 is 11.8 Å². The molecule has 2 fully saturated rings. The fourth-order valence-corrected chi connectivity index (χ4v) is 3.90. The number of carbonyl (C=O) groups excluding carboxylic acids is 1. The van der Waals surface area contributed by atoms with Gasteiger partial charge in [-0.2, -0.15) is 11.8 Å². The Balaban J connectivity index is 1.79. The van der Waals surface area contributed by atoms with Gasteiger partial charge in [-0.15, -0.1) is 0 Å². The van der Waals surface area contributed by atoms with Gasteiger partial charge in [-0.25, -0.2) is 0 Å². The molecule has 2 N–H and O–H groups in total. The highest BCUT2D eigenvalue weighted by Gasteiger charge is 2.34. The number of amides is 1. The van der Waals surface area contributed by atoms with Gasteiger partial charge in [-0.05, 0) is 25.0 Å². The maximum absolute atomic E-state index is 11.9. The van der Waals surface area contributed by atoms with Crippen molar-refractivity contribution in [1.82, 2.24) is 5.32 Å². The summed E-state index contributed by atoms with van der Waals surface area (Å²) in [7, 11) is 0. The molecule has 0 bridgehead atoms. The zero-order valence-electron chi connectivity index (χ0n) is 9.71. The van der Waals surface area contributed by atoms with E-state index >= 15 is 0 Å². The summed E-state index contributed by atoms with van der Waals surface area (Å²) >= 11 is 1.86. The molecule has 0 aromatic carbocycles. The fraction of sp³-hybridized carbons (Fsp3) is 0.917. The van der Waals surface area contributed by atoms with Crippen LogP contribution in [0.5, 0.6) is 0 Å². The van der Waals surface area contributed by atoms with Crippen LogP contribution in [0.25, 0.3) is 0 Å². The highest BCUT2D eigenvalue weighted by molar-refractivity contribution is 7.99. The lowest BCUT2D eigenvalue weighted by molar-refractivity contribution is -0.124. The molecule has 1 saturated carbocycles. The van der Waals surface area contributed by atoms with Gasteiger partial charge in [0.15, 0.2) is 0 Å². The highest BCUT2D eigenvalue weighted by Crippen LogP contribution is 2.37. The zero-order valence-corrected chi connectivity index (χ0v) is 10.5. The Kier molecular flexibility index (Phi) is 4.14. The molecule has 1 heterocycles. The highest BCUT2D eigenvalue weighted by atomic mass is 32.2. The zero-order chi connectivity index (χ0) is 11.4. The van der Waals surface area contributed by atoms with E-state index in [0.717, 1.165) is 30.8 Å². The van der Waals surface area contributed by atoms with Crippen LogP contribution in [0.4, 0.5) is 0 Å². The Labute approximate surface area is 101 Å². The molecule has 2 rings (SSSR count). The van der Waals surface area contributed by atoms with Gasteiger partial charge < -0.3 is 10.4 Å². The largest absolute Gasteiger partial charge is 0.396 e. The smallest absolute Gasteiger partial charge is 0.223 e. The number of carbonyl (C=O) groups is 1. The van der Waals surface area contributed by atoms with E-state index in [1.165, 1.54) is 12.8 Å². The number of thioether (sulfide) groups is 1. The molecule has 1 amide bonds. The monoisotopic (exact) mass is 243 g/mol. The third kappa shape index (κ3) is 2.72. The number of nitrogens with one attached hydrogen (secondary N) is 1. The molecule has 2 aliphatic rings. The lowest BCUT2D eigenvalue weighted by atomic mass is 9.87. The van der Waals surface area contributed by atoms with Crippen LogP contribution in [0.3, 0.4) is 0 Å². The van der Waals surface area contributed by atoms with Crippen LogP contribution in [0.1, 0.15) is 32.1 Å². The van der Waals surface area contributed by atoms with Gasteiger partial charge in [-0.3, -0.25) is 4.79 Å². The van der Waals surface area contributed by atoms with Gasteiger partial charge in [0, 0.05) is 23.6 Å². The van der Waals surface area contributed by atoms with Crippen molar-refractivity contribution in [2.75, 3.05) is 24.7 Å². The van der Waals surface area contributed by atoms with Gasteiger partial charge in [0.1, 0.15) is 0 Å². The Hall–Kier alpha value is -0.220. The first kappa shape index (κ1) is 12.2. The maximum Gasteiger partial charge on any atom is 0.223 e. The van der Waals surface area contributed by atoms with Crippen molar-refractivity contribution in [1.29, 1.82) is 0 Å². The third-order valence-corrected chi connectivity index (χ3v) is 5.10. The van der Waals surface area contributed by atoms with Crippen LogP contribution in [-0.2, 0) is 4.79 Å². The average Bonchev–Trinajstić information content (AvgIpc) is 2.98. The van der Waals surface area contributed by atoms with E-state index in [4.69, 9.17) is 0 Å². The molecular formula is C12H21NO2S. The minimum absolute atomic E-state index is 0.0125. The van der Waals surface area contributed by atoms with Crippen LogP contribution < -0.4 is 5.32 Å². The van der Waals surface area contributed by atoms with E-state index in [1.807, 2.05) is 11.8 Å². The summed E-state index contributed by atoms with van der Waals surface area (Å²) in [5.74, 6) is 2.49. The normalized spacial score (nSPS) is 28.2. The molecule has 92 valence electrons. The predicted octanol–water partition coefficient (Wildman–Crippen LogP) is 1.41. The topological polar surface area (TPSA) is 49.3 Å². The van der Waals surface area contributed by atoms with Crippen LogP contribution in [0, 0.1) is 11.3 Å². The summed E-state index contributed by atoms with van der Waals surface area (Å²) in [5.41, 5.74) is -0.0125. The molecule has 0 aromatic heterocycles. The standard InChI is InChI=1S/C12H21NO2S/c14-9-12(4-1-2-5-12)8-13-11(15)10-3-6-16-7-10/h10,14H,1-9H2,(H,13,15). The second-order valence-corrected chi connectivity index (χ2v) is 6.29. The van der Waals surface area contributed by atoms with E-state index < -0.39 is 0 Å². The Bertz CT molecular complexity index is 245. The molecule has 1 aliphatic heterocycles. The molecule has 1 saturated heterocycles. The Morgan fingerprint density at radius 3 is 2.75 bits per heavy atom. The predicted molar refractivity (Wildman–Crippen MR) is 66.4 cm³/mol. The lowest BCUT2D eigenvalue weighted by Crippen LogP contribution is -2.40. The van der Waals surface area contributed by atoms with Crippen molar-refractivity contribution in [3.63, 3.8) is 0 Å². The lowest BCUT2D eigenvalue weighted by Gasteiger charge is -2.27. The van der Waals surface area contributed by atoms with Gasteiger partial charge in [-0.1, -0.05) is 12.8 Å². The van der Waals surface area contributed by atoms with Crippen LogP contribution in [0.15, 0.2) is 0 Å². The Morgan fingerprint density at radius 2 is 2.19 bits per heavy atom. The van der Waals surface area contributed by atoms with Crippen molar-refractivity contribution in [2.45, 2.75) is 32.1 Å². The number of hydrogen-bond donors (Lipinski definition) is 2. The summed E-state index contributed by atoms with van der Waals surface area (Å²) in [6.07, 6.45) is 5.51. The minimum Gasteiger partial charge on any atom is -0.396 e. The summed E-state index contributed by atoms with van der Waals surface area (Å²) in [6, 6.07) is 0. The maximum atomic E-state index is 11.9. The molecule has 1 unspecified atom stereocenters. The van der Waals surface area contributed by atoms with Crippen molar-refractivity contribution in [3.8, 4) is 0 Å². The molecule has 3 nitrogen and oxygen atoms in total. The molecule has 1 atom stereocenters. The quantitative estimate of drug-likeness (QED) is 0.785. The number of rotatable bonds is 4. The van der Waals surface area contributed by atoms with E-state index in [0.29, 0.717) is 6.54 Å². The first-order valence-electron chi connectivity index (χ1n) is 6.22. The van der Waals surface area contributed by atoms with Crippen LogP contribution in [0.2, 0.25) is 0 Å². The van der Waals surface area contributed by atoms with E-state index in [-0.39, 0.29) is 23.8 Å². The third-order valence-electron chi connectivity index (χ3n) is 3.94. The molecule has 1 aliphatic carbocycles. The Morgan fingerprint density at radius 1 is 1.44 bits per heavy atom. The number of aliphatic hydroxyl groups is 1. The number of aliphatic hydroxyl groups excluding tert-OH is 1. The molecule has 0 radical (unpaired) electrons. The fourth-order valence-electron chi connectivity index (χ4n) is 2.68. The summed E-state index contributed by atoms with van der Waals surface area (Å²) in [4.78, 5) is 11.9. The van der Waals surface area contributed by atoms with Crippen molar-refractivity contribution >= 4 is 17.7 Å². The van der Waals surface area contributed by atoms with Crippen LogP contribution in [-0.4, -0.2) is 35.7 Å². The molecule has 0 spiro atoms. The van der Waals surface area contributed by atoms with E-state index in [2.05, 4.69) is 5.32 Å². The minimum atomic E-state index is -0.0125. The van der Waals surface area contributed by atoms with E-state index in [9.17, 15) is 9.90 Å². The second-order valence-electron chi connectivity index (χ2n) is 5.14. The van der Waals surface area contributed by atoms with Crippen molar-refractivity contribution < 1.29 is 9.90 Å². The summed E-state index contributed by atoms with van der Waals surface area (Å²) in [5, 5.41) is 12.5. The first-order chi connectivity index (χ1) is 7.76. The first-order valence-corrected chi connectivity index (χ1v) is 7.38. The molecular weight excluding hydrogens is 222 g/mol. The van der Waals surface area contributed by atoms with Crippen molar-refractivity contribution in [3.05, 3.63) is 0 Å². The van der Waals surface area contributed by atoms with Gasteiger partial charge in [0.2, 0.25) is 5.91 Å². The molecule has 16 heavy (non-hydrogen) atoms. The van der Waals surface area contributed by atoms with Gasteiger partial charge in [0.25, 0.3) is 0 Å². The molecule has 4 heteroatoms. The summed E-state index contributed by atoms with van der Waals surface area (Å²) in [6.45, 7) is 0.885. The second kappa shape index (κ2) is 5.41. The SMILES string of the molecule is O=C(NCC1(CO)CCCC1)C1CCSC1. The van der Waals surface area contributed by atoms with Crippen molar-refractivity contribution in [2.24, 2.45) is 11.3 Å². The van der Waals surface area contributed by atoms with E-state index in [1.54, 1.807) is 0 Å². The average molecular weight is 243 g/mol. The van der Waals surface area contributed by atoms with Gasteiger partial charge in [0.05, 0.1) is 6.61 Å².